The molecule has 11 heteroatoms. The van der Waals surface area contributed by atoms with E-state index < -0.39 is 25.0 Å². The summed E-state index contributed by atoms with van der Waals surface area (Å²) in [6.07, 6.45) is 1.42. The van der Waals surface area contributed by atoms with E-state index in [-0.39, 0.29) is 23.9 Å². The van der Waals surface area contributed by atoms with E-state index in [1.807, 2.05) is 36.4 Å². The first-order chi connectivity index (χ1) is 22.8. The fourth-order valence-electron chi connectivity index (χ4n) is 4.45. The molecule has 10 nitrogen and oxygen atoms in total. The third-order valence-electron chi connectivity index (χ3n) is 6.87. The standard InChI is InChI=1S/C36H36O10S/c1-3-42-33(38)7-6-20-43-28-12-10-25(11-13-28)35(40)47-30-15-17-32-27(22-30)9-8-26-21-29(14-16-31(26)32)46-36(41)45-19-5-4-18-44-34(39)24(2)23-37/h3,8-17,21-22,33,37-38H,1-2,4-7,18-20,23H2. The number of unbranched alkanes of at least 4 members (excludes halogenated alkanes) is 1. The summed E-state index contributed by atoms with van der Waals surface area (Å²) >= 11 is 1.14. The Morgan fingerprint density at radius 1 is 0.809 bits per heavy atom. The van der Waals surface area contributed by atoms with Crippen molar-refractivity contribution in [3.63, 3.8) is 0 Å². The van der Waals surface area contributed by atoms with Gasteiger partial charge in [-0.25, -0.2) is 9.59 Å². The molecule has 4 aromatic rings. The Hall–Kier alpha value is -4.84. The van der Waals surface area contributed by atoms with E-state index in [0.29, 0.717) is 49.4 Å². The summed E-state index contributed by atoms with van der Waals surface area (Å²) < 4.78 is 25.9. The van der Waals surface area contributed by atoms with E-state index in [0.717, 1.165) is 38.2 Å². The summed E-state index contributed by atoms with van der Waals surface area (Å²) in [5.74, 6) is 0.316. The maximum Gasteiger partial charge on any atom is 0.513 e. The van der Waals surface area contributed by atoms with Crippen molar-refractivity contribution in [1.29, 1.82) is 0 Å². The van der Waals surface area contributed by atoms with Gasteiger partial charge in [0.25, 0.3) is 0 Å². The Morgan fingerprint density at radius 2 is 1.47 bits per heavy atom. The van der Waals surface area contributed by atoms with Gasteiger partial charge in [-0.05, 0) is 101 Å². The number of thioether (sulfide) groups is 1. The summed E-state index contributed by atoms with van der Waals surface area (Å²) in [5.41, 5.74) is 0.532. The van der Waals surface area contributed by atoms with E-state index in [1.54, 1.807) is 36.4 Å². The number of carbonyl (C=O) groups excluding carboxylic acids is 3. The number of hydrogen-bond donors (Lipinski definition) is 2. The van der Waals surface area contributed by atoms with Crippen LogP contribution in [0.4, 0.5) is 4.79 Å². The van der Waals surface area contributed by atoms with Crippen LogP contribution in [0.5, 0.6) is 11.5 Å². The average molecular weight is 661 g/mol. The van der Waals surface area contributed by atoms with Gasteiger partial charge in [0.2, 0.25) is 5.12 Å². The van der Waals surface area contributed by atoms with E-state index in [9.17, 15) is 19.5 Å². The second-order valence-corrected chi connectivity index (χ2v) is 11.3. The Bertz CT molecular complexity index is 1720. The van der Waals surface area contributed by atoms with Crippen molar-refractivity contribution >= 4 is 50.5 Å². The Balaban J connectivity index is 1.26. The molecule has 0 spiro atoms. The molecule has 0 aromatic heterocycles. The molecule has 0 aliphatic rings. The van der Waals surface area contributed by atoms with Crippen molar-refractivity contribution in [1.82, 2.24) is 0 Å². The summed E-state index contributed by atoms with van der Waals surface area (Å²) in [4.78, 5) is 37.3. The minimum Gasteiger partial charge on any atom is -0.494 e. The van der Waals surface area contributed by atoms with Crippen LogP contribution in [-0.2, 0) is 19.0 Å². The molecule has 246 valence electrons. The fourth-order valence-corrected chi connectivity index (χ4v) is 5.24. The molecule has 0 fully saturated rings. The van der Waals surface area contributed by atoms with Crippen LogP contribution in [0.25, 0.3) is 21.5 Å². The van der Waals surface area contributed by atoms with Crippen molar-refractivity contribution in [3.05, 3.63) is 103 Å². The smallest absolute Gasteiger partial charge is 0.494 e. The highest BCUT2D eigenvalue weighted by Crippen LogP contribution is 2.32. The highest BCUT2D eigenvalue weighted by molar-refractivity contribution is 8.14. The molecule has 4 rings (SSSR count). The van der Waals surface area contributed by atoms with Crippen LogP contribution in [0.3, 0.4) is 0 Å². The van der Waals surface area contributed by atoms with Gasteiger partial charge in [0.1, 0.15) is 11.5 Å². The summed E-state index contributed by atoms with van der Waals surface area (Å²) in [6.45, 7) is 6.96. The van der Waals surface area contributed by atoms with E-state index in [1.165, 1.54) is 6.26 Å². The van der Waals surface area contributed by atoms with E-state index in [4.69, 9.17) is 28.8 Å². The lowest BCUT2D eigenvalue weighted by Crippen LogP contribution is -2.13. The maximum atomic E-state index is 13.0. The van der Waals surface area contributed by atoms with Crippen molar-refractivity contribution < 1.29 is 48.3 Å². The van der Waals surface area contributed by atoms with Gasteiger partial charge in [0, 0.05) is 16.9 Å². The van der Waals surface area contributed by atoms with Crippen molar-refractivity contribution in [3.8, 4) is 11.5 Å². The highest BCUT2D eigenvalue weighted by atomic mass is 32.2. The van der Waals surface area contributed by atoms with Gasteiger partial charge in [-0.1, -0.05) is 37.4 Å². The molecule has 2 N–H and O–H groups in total. The number of hydrogen-bond acceptors (Lipinski definition) is 11. The first-order valence-electron chi connectivity index (χ1n) is 14.9. The van der Waals surface area contributed by atoms with Gasteiger partial charge < -0.3 is 33.9 Å². The minimum atomic E-state index is -0.899. The summed E-state index contributed by atoms with van der Waals surface area (Å²) in [6, 6.07) is 22.0. The van der Waals surface area contributed by atoms with Gasteiger partial charge in [0.05, 0.1) is 38.3 Å². The molecule has 0 saturated heterocycles. The highest BCUT2D eigenvalue weighted by Gasteiger charge is 2.12. The molecule has 1 unspecified atom stereocenters. The molecule has 0 amide bonds. The molecule has 0 aliphatic carbocycles. The second kappa shape index (κ2) is 17.7. The number of aliphatic hydroxyl groups is 2. The van der Waals surface area contributed by atoms with Crippen LogP contribution in [0, 0.1) is 0 Å². The van der Waals surface area contributed by atoms with E-state index in [2.05, 4.69) is 13.2 Å². The lowest BCUT2D eigenvalue weighted by Gasteiger charge is -2.11. The monoisotopic (exact) mass is 660 g/mol. The molecule has 0 aliphatic heterocycles. The van der Waals surface area contributed by atoms with Crippen LogP contribution >= 0.6 is 11.8 Å². The zero-order chi connectivity index (χ0) is 33.6. The molecular weight excluding hydrogens is 624 g/mol. The van der Waals surface area contributed by atoms with Gasteiger partial charge in [0.15, 0.2) is 6.29 Å². The Morgan fingerprint density at radius 3 is 2.17 bits per heavy atom. The number of fused-ring (bicyclic) bond motifs is 3. The number of carbonyl (C=O) groups is 3. The van der Waals surface area contributed by atoms with Crippen molar-refractivity contribution in [2.24, 2.45) is 0 Å². The summed E-state index contributed by atoms with van der Waals surface area (Å²) in [7, 11) is 0. The molecule has 47 heavy (non-hydrogen) atoms. The fraction of sp³-hybridized carbons (Fsp3) is 0.250. The zero-order valence-electron chi connectivity index (χ0n) is 25.7. The van der Waals surface area contributed by atoms with Crippen molar-refractivity contribution in [2.75, 3.05) is 26.4 Å². The van der Waals surface area contributed by atoms with Gasteiger partial charge >= 0.3 is 12.1 Å². The third-order valence-corrected chi connectivity index (χ3v) is 7.78. The number of esters is 1. The normalized spacial score (nSPS) is 11.4. The van der Waals surface area contributed by atoms with Gasteiger partial charge in [-0.2, -0.15) is 0 Å². The number of aliphatic hydroxyl groups excluding tert-OH is 2. The molecule has 4 aromatic carbocycles. The molecule has 1 atom stereocenters. The van der Waals surface area contributed by atoms with Gasteiger partial charge in [-0.15, -0.1) is 0 Å². The van der Waals surface area contributed by atoms with Gasteiger partial charge in [-0.3, -0.25) is 4.79 Å². The van der Waals surface area contributed by atoms with Crippen molar-refractivity contribution in [2.45, 2.75) is 36.9 Å². The third kappa shape index (κ3) is 10.6. The van der Waals surface area contributed by atoms with Crippen LogP contribution < -0.4 is 9.47 Å². The minimum absolute atomic E-state index is 0.0169. The number of rotatable bonds is 17. The predicted molar refractivity (Wildman–Crippen MR) is 178 cm³/mol. The number of benzene rings is 4. The first-order valence-corrected chi connectivity index (χ1v) is 15.8. The molecule has 0 radical (unpaired) electrons. The predicted octanol–water partition coefficient (Wildman–Crippen LogP) is 6.95. The van der Waals surface area contributed by atoms with Crippen LogP contribution in [-0.4, -0.2) is 60.2 Å². The number of ether oxygens (including phenoxy) is 5. The molecular formula is C36H36O10S. The quantitative estimate of drug-likeness (QED) is 0.0178. The molecule has 0 bridgehead atoms. The maximum absolute atomic E-state index is 13.0. The topological polar surface area (TPSA) is 138 Å². The van der Waals surface area contributed by atoms with E-state index >= 15 is 0 Å². The Kier molecular flexibility index (Phi) is 13.2. The first kappa shape index (κ1) is 35.0. The SMILES string of the molecule is C=COC(O)CCCOc1ccc(C(=O)Sc2ccc3c(ccc4cc(OC(=O)OCCCCOC(=O)C(=C)CO)ccc43)c2)cc1. The average Bonchev–Trinajstić information content (AvgIpc) is 3.07. The zero-order valence-corrected chi connectivity index (χ0v) is 26.5. The lowest BCUT2D eigenvalue weighted by molar-refractivity contribution is -0.139. The molecule has 0 heterocycles. The largest absolute Gasteiger partial charge is 0.513 e. The van der Waals surface area contributed by atoms with Crippen LogP contribution in [0.1, 0.15) is 36.0 Å². The summed E-state index contributed by atoms with van der Waals surface area (Å²) in [5, 5.41) is 22.1. The molecule has 0 saturated carbocycles. The van der Waals surface area contributed by atoms with Crippen LogP contribution in [0.2, 0.25) is 0 Å². The lowest BCUT2D eigenvalue weighted by atomic mass is 10.0. The van der Waals surface area contributed by atoms with Crippen LogP contribution in [0.15, 0.2) is 103 Å². The Labute approximate surface area is 276 Å². The second-order valence-electron chi connectivity index (χ2n) is 10.3.